The molecule has 10 nitrogen and oxygen atoms in total. The average molecular weight is 428 g/mol. The summed E-state index contributed by atoms with van der Waals surface area (Å²) in [6, 6.07) is 5.04. The van der Waals surface area contributed by atoms with E-state index in [9.17, 15) is 4.39 Å². The molecule has 3 heterocycles. The van der Waals surface area contributed by atoms with Crippen LogP contribution in [0.2, 0.25) is 0 Å². The Kier molecular flexibility index (Phi) is 3.97. The summed E-state index contributed by atoms with van der Waals surface area (Å²) in [6.45, 7) is 0. The first-order valence-electron chi connectivity index (χ1n) is 9.13. The van der Waals surface area contributed by atoms with Crippen molar-refractivity contribution in [3.63, 3.8) is 0 Å². The van der Waals surface area contributed by atoms with Crippen molar-refractivity contribution in [1.29, 1.82) is 0 Å². The van der Waals surface area contributed by atoms with Crippen LogP contribution < -0.4 is 0 Å². The van der Waals surface area contributed by atoms with Crippen molar-refractivity contribution in [3.05, 3.63) is 24.0 Å². The van der Waals surface area contributed by atoms with E-state index in [1.165, 1.54) is 35.7 Å². The third kappa shape index (κ3) is 3.33. The minimum absolute atomic E-state index is 0.330. The van der Waals surface area contributed by atoms with Gasteiger partial charge in [0.15, 0.2) is 0 Å². The Labute approximate surface area is 171 Å². The van der Waals surface area contributed by atoms with Gasteiger partial charge in [0.2, 0.25) is 10.3 Å². The number of nitrogens with zero attached hydrogens (tertiary/aromatic N) is 10. The second-order valence-electron chi connectivity index (χ2n) is 6.95. The minimum atomic E-state index is -0.358. The number of fused-ring (bicyclic) bond motifs is 1. The standard InChI is InChI=1S/C16H13FN10S2/c17-8-1-6-11-12(7-8)19-14(29-16-21-23-25-27(16)10-4-5-10)13(18-11)28-15-20-22-24-26(15)9-2-3-9/h1,6-7,9-10H,2-5H2. The topological polar surface area (TPSA) is 113 Å². The second kappa shape index (κ2) is 6.69. The molecule has 1 aromatic carbocycles. The number of benzene rings is 1. The third-order valence-electron chi connectivity index (χ3n) is 4.65. The largest absolute Gasteiger partial charge is 0.236 e. The van der Waals surface area contributed by atoms with Crippen LogP contribution >= 0.6 is 23.5 Å². The van der Waals surface area contributed by atoms with Crippen molar-refractivity contribution in [2.24, 2.45) is 0 Å². The molecule has 3 aromatic heterocycles. The van der Waals surface area contributed by atoms with E-state index in [4.69, 9.17) is 4.98 Å². The first-order chi connectivity index (χ1) is 14.2. The lowest BCUT2D eigenvalue weighted by molar-refractivity contribution is 0.564. The van der Waals surface area contributed by atoms with E-state index < -0.39 is 0 Å². The van der Waals surface area contributed by atoms with Gasteiger partial charge in [-0.3, -0.25) is 0 Å². The van der Waals surface area contributed by atoms with Crippen LogP contribution in [0.4, 0.5) is 4.39 Å². The van der Waals surface area contributed by atoms with E-state index in [0.717, 1.165) is 25.7 Å². The van der Waals surface area contributed by atoms with Crippen molar-refractivity contribution in [1.82, 2.24) is 50.4 Å². The zero-order valence-electron chi connectivity index (χ0n) is 14.9. The molecule has 146 valence electrons. The molecule has 2 saturated carbocycles. The molecule has 2 fully saturated rings. The predicted octanol–water partition coefficient (Wildman–Crippen LogP) is 2.71. The van der Waals surface area contributed by atoms with E-state index in [1.54, 1.807) is 6.07 Å². The van der Waals surface area contributed by atoms with Gasteiger partial charge in [0.25, 0.3) is 0 Å². The normalized spacial score (nSPS) is 16.6. The van der Waals surface area contributed by atoms with Crippen molar-refractivity contribution < 1.29 is 4.39 Å². The Balaban J connectivity index is 1.43. The molecule has 13 heteroatoms. The van der Waals surface area contributed by atoms with Crippen LogP contribution in [0.15, 0.2) is 38.6 Å². The Morgan fingerprint density at radius 2 is 1.34 bits per heavy atom. The number of halogens is 1. The fourth-order valence-electron chi connectivity index (χ4n) is 2.90. The summed E-state index contributed by atoms with van der Waals surface area (Å²) in [5, 5.41) is 26.6. The van der Waals surface area contributed by atoms with Gasteiger partial charge in [-0.1, -0.05) is 0 Å². The second-order valence-corrected chi connectivity index (χ2v) is 8.86. The van der Waals surface area contributed by atoms with Gasteiger partial charge in [-0.15, -0.1) is 10.2 Å². The van der Waals surface area contributed by atoms with Crippen molar-refractivity contribution in [3.8, 4) is 0 Å². The fourth-order valence-corrected chi connectivity index (χ4v) is 4.77. The summed E-state index contributed by atoms with van der Waals surface area (Å²) in [4.78, 5) is 9.36. The van der Waals surface area contributed by atoms with Crippen LogP contribution in [-0.2, 0) is 0 Å². The van der Waals surface area contributed by atoms with Crippen molar-refractivity contribution in [2.45, 2.75) is 58.1 Å². The molecule has 0 amide bonds. The van der Waals surface area contributed by atoms with Gasteiger partial charge in [0.05, 0.1) is 23.1 Å². The lowest BCUT2D eigenvalue weighted by Gasteiger charge is -2.09. The van der Waals surface area contributed by atoms with E-state index in [1.807, 2.05) is 9.36 Å². The highest BCUT2D eigenvalue weighted by Crippen LogP contribution is 2.42. The lowest BCUT2D eigenvalue weighted by atomic mass is 10.3. The molecule has 0 aliphatic heterocycles. The van der Waals surface area contributed by atoms with Crippen LogP contribution in [0, 0.1) is 5.82 Å². The van der Waals surface area contributed by atoms with Crippen molar-refractivity contribution in [2.75, 3.05) is 0 Å². The summed E-state index contributed by atoms with van der Waals surface area (Å²) in [5.41, 5.74) is 1.08. The summed E-state index contributed by atoms with van der Waals surface area (Å²) >= 11 is 2.67. The molecule has 2 aliphatic rings. The monoisotopic (exact) mass is 428 g/mol. The molecular formula is C16H13FN10S2. The zero-order valence-corrected chi connectivity index (χ0v) is 16.5. The maximum Gasteiger partial charge on any atom is 0.215 e. The zero-order chi connectivity index (χ0) is 19.4. The van der Waals surface area contributed by atoms with Crippen LogP contribution in [0.5, 0.6) is 0 Å². The van der Waals surface area contributed by atoms with Gasteiger partial charge in [0, 0.05) is 6.07 Å². The van der Waals surface area contributed by atoms with Crippen LogP contribution in [0.25, 0.3) is 11.0 Å². The van der Waals surface area contributed by atoms with Gasteiger partial charge < -0.3 is 0 Å². The highest BCUT2D eigenvalue weighted by molar-refractivity contribution is 8.02. The van der Waals surface area contributed by atoms with Gasteiger partial charge in [0.1, 0.15) is 15.9 Å². The smallest absolute Gasteiger partial charge is 0.215 e. The van der Waals surface area contributed by atoms with E-state index >= 15 is 0 Å². The Morgan fingerprint density at radius 1 is 0.793 bits per heavy atom. The van der Waals surface area contributed by atoms with Crippen LogP contribution in [0.1, 0.15) is 37.8 Å². The highest BCUT2D eigenvalue weighted by Gasteiger charge is 2.30. The molecule has 0 bridgehead atoms. The van der Waals surface area contributed by atoms with Gasteiger partial charge in [-0.05, 0) is 82.2 Å². The first-order valence-corrected chi connectivity index (χ1v) is 10.8. The first kappa shape index (κ1) is 17.2. The molecule has 2 aliphatic carbocycles. The third-order valence-corrected chi connectivity index (χ3v) is 6.64. The summed E-state index contributed by atoms with van der Waals surface area (Å²) in [5.74, 6) is -0.358. The molecule has 4 aromatic rings. The summed E-state index contributed by atoms with van der Waals surface area (Å²) < 4.78 is 17.4. The summed E-state index contributed by atoms with van der Waals surface area (Å²) in [6.07, 6.45) is 4.26. The molecule has 6 rings (SSSR count). The Hall–Kier alpha value is -2.67. The molecular weight excluding hydrogens is 415 g/mol. The summed E-state index contributed by atoms with van der Waals surface area (Å²) in [7, 11) is 0. The maximum atomic E-state index is 13.7. The van der Waals surface area contributed by atoms with E-state index in [2.05, 4.69) is 36.0 Å². The van der Waals surface area contributed by atoms with Gasteiger partial charge in [-0.2, -0.15) is 0 Å². The number of aromatic nitrogens is 10. The quantitative estimate of drug-likeness (QED) is 0.454. The van der Waals surface area contributed by atoms with E-state index in [0.29, 0.717) is 43.5 Å². The Bertz CT molecular complexity index is 1220. The average Bonchev–Trinajstić information content (AvgIpc) is 3.65. The number of hydrogen-bond donors (Lipinski definition) is 0. The fraction of sp³-hybridized carbons (Fsp3) is 0.375. The predicted molar refractivity (Wildman–Crippen MR) is 99.9 cm³/mol. The lowest BCUT2D eigenvalue weighted by Crippen LogP contribution is -2.02. The molecule has 0 unspecified atom stereocenters. The van der Waals surface area contributed by atoms with Crippen LogP contribution in [0.3, 0.4) is 0 Å². The highest BCUT2D eigenvalue weighted by atomic mass is 32.2. The molecule has 0 radical (unpaired) electrons. The molecule has 29 heavy (non-hydrogen) atoms. The molecule has 0 saturated heterocycles. The van der Waals surface area contributed by atoms with Gasteiger partial charge >= 0.3 is 0 Å². The van der Waals surface area contributed by atoms with Crippen molar-refractivity contribution >= 4 is 34.6 Å². The number of hydrogen-bond acceptors (Lipinski definition) is 10. The number of rotatable bonds is 6. The maximum absolute atomic E-state index is 13.7. The Morgan fingerprint density at radius 3 is 1.90 bits per heavy atom. The molecule has 0 N–H and O–H groups in total. The molecule has 0 spiro atoms. The van der Waals surface area contributed by atoms with Gasteiger partial charge in [-0.25, -0.2) is 23.7 Å². The number of tetrazole rings is 2. The molecule has 0 atom stereocenters. The van der Waals surface area contributed by atoms with Crippen LogP contribution in [-0.4, -0.2) is 50.4 Å². The van der Waals surface area contributed by atoms with E-state index in [-0.39, 0.29) is 5.82 Å². The minimum Gasteiger partial charge on any atom is -0.236 e. The SMILES string of the molecule is Fc1ccc2nc(Sc3nnnn3C3CC3)c(Sc3nnnn3C3CC3)nc2c1.